The van der Waals surface area contributed by atoms with E-state index in [1.54, 1.807) is 43.7 Å². The summed E-state index contributed by atoms with van der Waals surface area (Å²) in [5, 5.41) is 4.28. The van der Waals surface area contributed by atoms with Gasteiger partial charge in [0, 0.05) is 49.4 Å². The van der Waals surface area contributed by atoms with Crippen molar-refractivity contribution >= 4 is 20.9 Å². The summed E-state index contributed by atoms with van der Waals surface area (Å²) in [5.41, 5.74) is 3.61. The first-order valence-corrected chi connectivity index (χ1v) is 14.2. The van der Waals surface area contributed by atoms with E-state index in [9.17, 15) is 13.2 Å². The number of pyridine rings is 1. The van der Waals surface area contributed by atoms with Gasteiger partial charge in [-0.25, -0.2) is 12.4 Å². The molecule has 192 valence electrons. The molecule has 0 amide bonds. The number of piperidine rings is 1. The fourth-order valence-electron chi connectivity index (χ4n) is 5.55. The van der Waals surface area contributed by atoms with Gasteiger partial charge in [-0.15, -0.1) is 0 Å². The molecule has 2 atom stereocenters. The summed E-state index contributed by atoms with van der Waals surface area (Å²) < 4.78 is 35.7. The Morgan fingerprint density at radius 2 is 1.89 bits per heavy atom. The molecule has 2 aliphatic heterocycles. The summed E-state index contributed by atoms with van der Waals surface area (Å²) in [6, 6.07) is 17.1. The fraction of sp³-hybridized carbons (Fsp3) is 0.345. The lowest BCUT2D eigenvalue weighted by Gasteiger charge is -2.47. The van der Waals surface area contributed by atoms with Gasteiger partial charge in [-0.3, -0.25) is 4.79 Å². The third-order valence-electron chi connectivity index (χ3n) is 7.92. The minimum atomic E-state index is -3.97. The molecule has 0 radical (unpaired) electrons. The molecule has 0 bridgehead atoms. The summed E-state index contributed by atoms with van der Waals surface area (Å²) in [5.74, 6) is 0. The summed E-state index contributed by atoms with van der Waals surface area (Å²) >= 11 is 0. The maximum atomic E-state index is 13.7. The molecule has 0 aliphatic carbocycles. The van der Waals surface area contributed by atoms with Crippen molar-refractivity contribution in [1.82, 2.24) is 13.9 Å². The molecule has 2 saturated heterocycles. The third-order valence-corrected chi connectivity index (χ3v) is 9.60. The Balaban J connectivity index is 1.39. The molecule has 37 heavy (non-hydrogen) atoms. The average molecular weight is 518 g/mol. The lowest BCUT2D eigenvalue weighted by Crippen LogP contribution is -2.57. The standard InChI is InChI=1S/C29H31N3O4S/c1-20-6-8-24(9-7-20)37(34,35)32-18-26(25-11-14-31(2)28(33)27(25)32)22-5-3-4-21(16-22)17-23-10-12-29(19-30-23)13-15-36-29/h3-9,11,14,16,18,23,30H,10,12-13,15,17,19H2,1-2H3. The van der Waals surface area contributed by atoms with Crippen molar-refractivity contribution in [3.63, 3.8) is 0 Å². The Kier molecular flexibility index (Phi) is 5.86. The molecular formula is C29H31N3O4S. The molecule has 2 aromatic heterocycles. The number of benzene rings is 2. The summed E-state index contributed by atoms with van der Waals surface area (Å²) in [6.45, 7) is 3.67. The summed E-state index contributed by atoms with van der Waals surface area (Å²) in [6.07, 6.45) is 7.44. The third kappa shape index (κ3) is 4.23. The summed E-state index contributed by atoms with van der Waals surface area (Å²) in [4.78, 5) is 13.3. The second-order valence-electron chi connectivity index (χ2n) is 10.5. The Morgan fingerprint density at radius 1 is 1.11 bits per heavy atom. The van der Waals surface area contributed by atoms with E-state index in [0.717, 1.165) is 59.5 Å². The molecule has 8 heteroatoms. The van der Waals surface area contributed by atoms with Gasteiger partial charge < -0.3 is 14.6 Å². The molecule has 0 saturated carbocycles. The van der Waals surface area contributed by atoms with Crippen molar-refractivity contribution < 1.29 is 13.2 Å². The number of ether oxygens (including phenoxy) is 1. The van der Waals surface area contributed by atoms with Gasteiger partial charge in [0.1, 0.15) is 5.52 Å². The van der Waals surface area contributed by atoms with Crippen LogP contribution >= 0.6 is 0 Å². The molecule has 4 heterocycles. The zero-order valence-electron chi connectivity index (χ0n) is 21.1. The summed E-state index contributed by atoms with van der Waals surface area (Å²) in [7, 11) is -2.34. The topological polar surface area (TPSA) is 82.3 Å². The van der Waals surface area contributed by atoms with Gasteiger partial charge in [-0.05, 0) is 55.5 Å². The van der Waals surface area contributed by atoms with E-state index >= 15 is 0 Å². The second-order valence-corrected chi connectivity index (χ2v) is 12.3. The van der Waals surface area contributed by atoms with Crippen LogP contribution in [0, 0.1) is 6.92 Å². The van der Waals surface area contributed by atoms with E-state index in [2.05, 4.69) is 17.4 Å². The number of nitrogens with one attached hydrogen (secondary N) is 1. The lowest BCUT2D eigenvalue weighted by atomic mass is 9.83. The van der Waals surface area contributed by atoms with E-state index in [4.69, 9.17) is 4.74 Å². The Bertz CT molecular complexity index is 1640. The molecule has 2 fully saturated rings. The second kappa shape index (κ2) is 8.97. The Labute approximate surface area is 216 Å². The number of hydrogen-bond donors (Lipinski definition) is 1. The van der Waals surface area contributed by atoms with Crippen LogP contribution in [0.15, 0.2) is 76.7 Å². The Morgan fingerprint density at radius 3 is 2.57 bits per heavy atom. The van der Waals surface area contributed by atoms with E-state index in [1.165, 1.54) is 10.1 Å². The van der Waals surface area contributed by atoms with E-state index in [-0.39, 0.29) is 21.6 Å². The number of fused-ring (bicyclic) bond motifs is 1. The van der Waals surface area contributed by atoms with Gasteiger partial charge in [-0.1, -0.05) is 42.0 Å². The van der Waals surface area contributed by atoms with Crippen molar-refractivity contribution in [2.45, 2.75) is 49.1 Å². The Hall–Kier alpha value is -3.20. The van der Waals surface area contributed by atoms with Gasteiger partial charge >= 0.3 is 0 Å². The molecule has 2 unspecified atom stereocenters. The van der Waals surface area contributed by atoms with E-state index < -0.39 is 10.0 Å². The number of aromatic nitrogens is 2. The number of aryl methyl sites for hydroxylation is 2. The quantitative estimate of drug-likeness (QED) is 0.433. The predicted molar refractivity (Wildman–Crippen MR) is 144 cm³/mol. The predicted octanol–water partition coefficient (Wildman–Crippen LogP) is 4.01. The SMILES string of the molecule is Cc1ccc(S(=O)(=O)n2cc(-c3cccc(CC4CCC5(CCO5)CN4)c3)c3ccn(C)c(=O)c32)cc1. The van der Waals surface area contributed by atoms with Crippen molar-refractivity contribution in [2.24, 2.45) is 7.05 Å². The largest absolute Gasteiger partial charge is 0.373 e. The molecule has 4 aromatic rings. The zero-order valence-corrected chi connectivity index (χ0v) is 21.9. The zero-order chi connectivity index (χ0) is 25.8. The minimum absolute atomic E-state index is 0.0509. The smallest absolute Gasteiger partial charge is 0.275 e. The van der Waals surface area contributed by atoms with Crippen molar-refractivity contribution in [3.05, 3.63) is 88.5 Å². The first-order chi connectivity index (χ1) is 17.8. The van der Waals surface area contributed by atoms with Gasteiger partial charge in [0.25, 0.3) is 15.6 Å². The van der Waals surface area contributed by atoms with Crippen LogP contribution in [-0.2, 0) is 28.2 Å². The van der Waals surface area contributed by atoms with Crippen molar-refractivity contribution in [2.75, 3.05) is 13.2 Å². The van der Waals surface area contributed by atoms with E-state index in [1.807, 2.05) is 25.1 Å². The van der Waals surface area contributed by atoms with Crippen molar-refractivity contribution in [3.8, 4) is 11.1 Å². The van der Waals surface area contributed by atoms with Crippen LogP contribution in [0.3, 0.4) is 0 Å². The molecule has 1 N–H and O–H groups in total. The van der Waals surface area contributed by atoms with Crippen LogP contribution in [0.2, 0.25) is 0 Å². The van der Waals surface area contributed by atoms with Gasteiger partial charge in [0.05, 0.1) is 17.1 Å². The highest BCUT2D eigenvalue weighted by Crippen LogP contribution is 2.35. The molecule has 7 nitrogen and oxygen atoms in total. The van der Waals surface area contributed by atoms with Crippen LogP contribution in [0.5, 0.6) is 0 Å². The van der Waals surface area contributed by atoms with Crippen LogP contribution in [0.1, 0.15) is 30.4 Å². The molecule has 2 aromatic carbocycles. The van der Waals surface area contributed by atoms with Crippen LogP contribution in [0.25, 0.3) is 22.0 Å². The first kappa shape index (κ1) is 24.2. The molecule has 1 spiro atoms. The highest BCUT2D eigenvalue weighted by atomic mass is 32.2. The van der Waals surface area contributed by atoms with Gasteiger partial charge in [0.2, 0.25) is 0 Å². The highest BCUT2D eigenvalue weighted by Gasteiger charge is 2.41. The van der Waals surface area contributed by atoms with E-state index in [0.29, 0.717) is 11.4 Å². The molecular weight excluding hydrogens is 486 g/mol. The fourth-order valence-corrected chi connectivity index (χ4v) is 6.92. The molecule has 2 aliphatic rings. The number of nitrogens with zero attached hydrogens (tertiary/aromatic N) is 2. The monoisotopic (exact) mass is 517 g/mol. The van der Waals surface area contributed by atoms with Crippen molar-refractivity contribution in [1.29, 1.82) is 0 Å². The number of rotatable bonds is 5. The highest BCUT2D eigenvalue weighted by molar-refractivity contribution is 7.90. The van der Waals surface area contributed by atoms with Crippen LogP contribution in [-0.4, -0.2) is 41.8 Å². The average Bonchev–Trinajstić information content (AvgIpc) is 3.28. The normalized spacial score (nSPS) is 21.8. The minimum Gasteiger partial charge on any atom is -0.373 e. The lowest BCUT2D eigenvalue weighted by molar-refractivity contribution is -0.159. The van der Waals surface area contributed by atoms with Gasteiger partial charge in [-0.2, -0.15) is 0 Å². The maximum Gasteiger partial charge on any atom is 0.275 e. The van der Waals surface area contributed by atoms with Crippen LogP contribution < -0.4 is 10.9 Å². The number of hydrogen-bond acceptors (Lipinski definition) is 5. The maximum absolute atomic E-state index is 13.7. The first-order valence-electron chi connectivity index (χ1n) is 12.8. The van der Waals surface area contributed by atoms with Gasteiger partial charge in [0.15, 0.2) is 0 Å². The molecule has 6 rings (SSSR count). The van der Waals surface area contributed by atoms with Crippen LogP contribution in [0.4, 0.5) is 0 Å².